The number of anilines is 1. The van der Waals surface area contributed by atoms with Crippen LogP contribution in [0.25, 0.3) is 0 Å². The molecule has 0 aliphatic rings. The van der Waals surface area contributed by atoms with Crippen LogP contribution in [0.15, 0.2) is 48.5 Å². The fourth-order valence-corrected chi connectivity index (χ4v) is 2.91. The molecule has 0 heterocycles. The minimum Gasteiger partial charge on any atom is -0.497 e. The maximum atomic E-state index is 12.7. The minimum absolute atomic E-state index is 0.0969. The van der Waals surface area contributed by atoms with E-state index in [2.05, 4.69) is 5.32 Å². The summed E-state index contributed by atoms with van der Waals surface area (Å²) < 4.78 is 15.7. The number of hydrogen-bond donors (Lipinski definition) is 1. The smallest absolute Gasteiger partial charge is 0.314 e. The molecule has 2 rings (SSSR count). The second-order valence-electron chi connectivity index (χ2n) is 6.50. The Kier molecular flexibility index (Phi) is 7.87. The van der Waals surface area contributed by atoms with Gasteiger partial charge in [-0.05, 0) is 23.6 Å². The van der Waals surface area contributed by atoms with Crippen LogP contribution in [0.5, 0.6) is 11.5 Å². The van der Waals surface area contributed by atoms with Crippen molar-refractivity contribution in [3.63, 3.8) is 0 Å². The van der Waals surface area contributed by atoms with Crippen molar-refractivity contribution in [2.75, 3.05) is 26.1 Å². The van der Waals surface area contributed by atoms with E-state index in [1.54, 1.807) is 25.3 Å². The van der Waals surface area contributed by atoms with Gasteiger partial charge in [0.25, 0.3) is 5.91 Å². The fourth-order valence-electron chi connectivity index (χ4n) is 2.91. The van der Waals surface area contributed by atoms with Gasteiger partial charge in [0.2, 0.25) is 0 Å². The number of carbonyl (C=O) groups is 2. The van der Waals surface area contributed by atoms with E-state index < -0.39 is 17.8 Å². The van der Waals surface area contributed by atoms with Gasteiger partial charge in [-0.2, -0.15) is 0 Å². The van der Waals surface area contributed by atoms with Gasteiger partial charge in [0.05, 0.1) is 25.8 Å². The number of carbonyl (C=O) groups excluding carboxylic acids is 2. The first kappa shape index (κ1) is 21.3. The Morgan fingerprint density at radius 3 is 2.36 bits per heavy atom. The van der Waals surface area contributed by atoms with Gasteiger partial charge in [-0.3, -0.25) is 9.59 Å². The first-order valence-electron chi connectivity index (χ1n) is 9.23. The van der Waals surface area contributed by atoms with Crippen LogP contribution in [0.3, 0.4) is 0 Å². The lowest BCUT2D eigenvalue weighted by Gasteiger charge is -2.21. The number of rotatable bonds is 9. The maximum Gasteiger partial charge on any atom is 0.314 e. The van der Waals surface area contributed by atoms with E-state index in [-0.39, 0.29) is 12.5 Å². The van der Waals surface area contributed by atoms with Gasteiger partial charge < -0.3 is 19.5 Å². The van der Waals surface area contributed by atoms with Gasteiger partial charge in [-0.1, -0.05) is 50.6 Å². The monoisotopic (exact) mass is 385 g/mol. The molecule has 0 saturated carbocycles. The molecular formula is C22H27NO5. The van der Waals surface area contributed by atoms with Crippen LogP contribution in [0.2, 0.25) is 0 Å². The highest BCUT2D eigenvalue weighted by atomic mass is 16.5. The summed E-state index contributed by atoms with van der Waals surface area (Å²) in [4.78, 5) is 24.9. The number of methoxy groups -OCH3 is 2. The molecule has 2 aromatic carbocycles. The van der Waals surface area contributed by atoms with E-state index in [0.29, 0.717) is 17.2 Å². The SMILES string of the molecule is CC[C@H](C)[C@H](C(=O)OCC(=O)Nc1ccc(OC)cc1OC)c1ccccc1. The first-order chi connectivity index (χ1) is 13.5. The third-order valence-corrected chi connectivity index (χ3v) is 4.65. The van der Waals surface area contributed by atoms with Crippen LogP contribution in [0, 0.1) is 5.92 Å². The van der Waals surface area contributed by atoms with Crippen molar-refractivity contribution in [3.8, 4) is 11.5 Å². The molecule has 28 heavy (non-hydrogen) atoms. The van der Waals surface area contributed by atoms with Crippen LogP contribution in [0.1, 0.15) is 31.7 Å². The highest BCUT2D eigenvalue weighted by molar-refractivity contribution is 5.94. The number of nitrogens with one attached hydrogen (secondary N) is 1. The summed E-state index contributed by atoms with van der Waals surface area (Å²) in [5, 5.41) is 2.69. The quantitative estimate of drug-likeness (QED) is 0.660. The molecule has 0 aliphatic heterocycles. The van der Waals surface area contributed by atoms with Crippen LogP contribution in [-0.4, -0.2) is 32.7 Å². The summed E-state index contributed by atoms with van der Waals surface area (Å²) in [5.41, 5.74) is 1.37. The van der Waals surface area contributed by atoms with E-state index in [4.69, 9.17) is 14.2 Å². The molecular weight excluding hydrogens is 358 g/mol. The molecule has 2 aromatic rings. The van der Waals surface area contributed by atoms with Crippen molar-refractivity contribution < 1.29 is 23.8 Å². The second-order valence-corrected chi connectivity index (χ2v) is 6.50. The highest BCUT2D eigenvalue weighted by Crippen LogP contribution is 2.30. The zero-order valence-corrected chi connectivity index (χ0v) is 16.7. The lowest BCUT2D eigenvalue weighted by atomic mass is 9.86. The number of ether oxygens (including phenoxy) is 3. The van der Waals surface area contributed by atoms with Crippen molar-refractivity contribution in [1.82, 2.24) is 0 Å². The molecule has 150 valence electrons. The van der Waals surface area contributed by atoms with Gasteiger partial charge >= 0.3 is 5.97 Å². The molecule has 0 radical (unpaired) electrons. The van der Waals surface area contributed by atoms with Crippen LogP contribution >= 0.6 is 0 Å². The van der Waals surface area contributed by atoms with E-state index in [1.807, 2.05) is 44.2 Å². The molecule has 0 unspecified atom stereocenters. The van der Waals surface area contributed by atoms with Crippen molar-refractivity contribution in [3.05, 3.63) is 54.1 Å². The summed E-state index contributed by atoms with van der Waals surface area (Å²) in [7, 11) is 3.05. The Hall–Kier alpha value is -3.02. The summed E-state index contributed by atoms with van der Waals surface area (Å²) in [6.45, 7) is 3.66. The van der Waals surface area contributed by atoms with E-state index in [0.717, 1.165) is 12.0 Å². The predicted molar refractivity (Wildman–Crippen MR) is 108 cm³/mol. The fraction of sp³-hybridized carbons (Fsp3) is 0.364. The Labute approximate surface area is 165 Å². The van der Waals surface area contributed by atoms with Crippen LogP contribution in [-0.2, 0) is 14.3 Å². The second kappa shape index (κ2) is 10.3. The molecule has 0 aromatic heterocycles. The van der Waals surface area contributed by atoms with Gasteiger partial charge in [0, 0.05) is 6.07 Å². The summed E-state index contributed by atoms with van der Waals surface area (Å²) >= 11 is 0. The van der Waals surface area contributed by atoms with Gasteiger partial charge in [0.15, 0.2) is 6.61 Å². The molecule has 0 bridgehead atoms. The molecule has 0 spiro atoms. The van der Waals surface area contributed by atoms with Crippen molar-refractivity contribution in [2.45, 2.75) is 26.2 Å². The first-order valence-corrected chi connectivity index (χ1v) is 9.23. The number of benzene rings is 2. The predicted octanol–water partition coefficient (Wildman–Crippen LogP) is 4.02. The van der Waals surface area contributed by atoms with Gasteiger partial charge in [-0.25, -0.2) is 0 Å². The average molecular weight is 385 g/mol. The van der Waals surface area contributed by atoms with Crippen molar-refractivity contribution in [1.29, 1.82) is 0 Å². The minimum atomic E-state index is -0.437. The lowest BCUT2D eigenvalue weighted by Crippen LogP contribution is -2.27. The Morgan fingerprint density at radius 1 is 1.04 bits per heavy atom. The number of hydrogen-bond acceptors (Lipinski definition) is 5. The number of amides is 1. The highest BCUT2D eigenvalue weighted by Gasteiger charge is 2.27. The lowest BCUT2D eigenvalue weighted by molar-refractivity contribution is -0.150. The molecule has 6 heteroatoms. The Balaban J connectivity index is 2.02. The van der Waals surface area contributed by atoms with Crippen molar-refractivity contribution in [2.24, 2.45) is 5.92 Å². The third-order valence-electron chi connectivity index (χ3n) is 4.65. The molecule has 6 nitrogen and oxygen atoms in total. The summed E-state index contributed by atoms with van der Waals surface area (Å²) in [6.07, 6.45) is 0.823. The zero-order chi connectivity index (χ0) is 20.5. The van der Waals surface area contributed by atoms with Crippen molar-refractivity contribution >= 4 is 17.6 Å². The van der Waals surface area contributed by atoms with Crippen LogP contribution < -0.4 is 14.8 Å². The average Bonchev–Trinajstić information content (AvgIpc) is 2.73. The van der Waals surface area contributed by atoms with E-state index >= 15 is 0 Å². The summed E-state index contributed by atoms with van der Waals surface area (Å²) in [5.74, 6) is -0.0827. The van der Waals surface area contributed by atoms with E-state index in [9.17, 15) is 9.59 Å². The molecule has 0 aliphatic carbocycles. The molecule has 1 N–H and O–H groups in total. The maximum absolute atomic E-state index is 12.7. The van der Waals surface area contributed by atoms with Crippen LogP contribution in [0.4, 0.5) is 5.69 Å². The standard InChI is InChI=1S/C22H27NO5/c1-5-15(2)21(16-9-7-6-8-10-16)22(25)28-14-20(24)23-18-12-11-17(26-3)13-19(18)27-4/h6-13,15,21H,5,14H2,1-4H3,(H,23,24)/t15-,21-/m0/s1. The summed E-state index contributed by atoms with van der Waals surface area (Å²) in [6, 6.07) is 14.5. The third kappa shape index (κ3) is 5.49. The topological polar surface area (TPSA) is 73.9 Å². The normalized spacial score (nSPS) is 12.6. The Morgan fingerprint density at radius 2 is 1.75 bits per heavy atom. The molecule has 0 fully saturated rings. The molecule has 2 atom stereocenters. The van der Waals surface area contributed by atoms with E-state index in [1.165, 1.54) is 7.11 Å². The number of esters is 1. The van der Waals surface area contributed by atoms with Gasteiger partial charge in [-0.15, -0.1) is 0 Å². The molecule has 1 amide bonds. The molecule has 0 saturated heterocycles. The zero-order valence-electron chi connectivity index (χ0n) is 16.7. The Bertz CT molecular complexity index is 791. The van der Waals surface area contributed by atoms with Gasteiger partial charge in [0.1, 0.15) is 11.5 Å². The largest absolute Gasteiger partial charge is 0.497 e.